The summed E-state index contributed by atoms with van der Waals surface area (Å²) in [7, 11) is 1.85. The van der Waals surface area contributed by atoms with E-state index in [0.29, 0.717) is 34.8 Å². The summed E-state index contributed by atoms with van der Waals surface area (Å²) < 4.78 is 66.9. The van der Waals surface area contributed by atoms with Crippen molar-refractivity contribution in [1.29, 1.82) is 0 Å². The Labute approximate surface area is 242 Å². The fraction of sp³-hybridized carbons (Fsp3) is 0.290. The first-order valence-electron chi connectivity index (χ1n) is 13.2. The molecule has 7 nitrogen and oxygen atoms in total. The normalized spacial score (nSPS) is 14.5. The molecule has 0 saturated heterocycles. The molecule has 3 aromatic carbocycles. The number of esters is 1. The minimum Gasteiger partial charge on any atom is -0.482 e. The maximum absolute atomic E-state index is 15.4. The number of carbonyl (C=O) groups is 2. The van der Waals surface area contributed by atoms with Crippen molar-refractivity contribution in [3.8, 4) is 5.75 Å². The molecule has 1 atom stereocenters. The van der Waals surface area contributed by atoms with E-state index in [1.54, 1.807) is 43.0 Å². The molecule has 0 fully saturated rings. The number of anilines is 1. The molecule has 0 radical (unpaired) electrons. The van der Waals surface area contributed by atoms with Gasteiger partial charge in [0.05, 0.1) is 19.2 Å². The first kappa shape index (κ1) is 30.4. The van der Waals surface area contributed by atoms with Crippen molar-refractivity contribution >= 4 is 17.6 Å². The summed E-state index contributed by atoms with van der Waals surface area (Å²) in [4.78, 5) is 28.3. The van der Waals surface area contributed by atoms with Crippen molar-refractivity contribution in [1.82, 2.24) is 10.2 Å². The second-order valence-electron chi connectivity index (χ2n) is 9.89. The van der Waals surface area contributed by atoms with Gasteiger partial charge in [-0.25, -0.2) is 22.4 Å². The summed E-state index contributed by atoms with van der Waals surface area (Å²) in [6.07, 6.45) is 0. The summed E-state index contributed by atoms with van der Waals surface area (Å²) in [6.45, 7) is 8.96. The molecule has 1 amide bonds. The van der Waals surface area contributed by atoms with E-state index in [0.717, 1.165) is 5.56 Å². The number of halogens is 4. The van der Waals surface area contributed by atoms with Crippen LogP contribution in [0.15, 0.2) is 54.9 Å². The molecule has 11 heteroatoms. The number of aryl methyl sites for hydroxylation is 1. The number of nitrogens with one attached hydrogen (secondary N) is 1. The topological polar surface area (TPSA) is 71.1 Å². The van der Waals surface area contributed by atoms with Gasteiger partial charge < -0.3 is 24.6 Å². The Hall–Kier alpha value is -4.54. The van der Waals surface area contributed by atoms with Crippen LogP contribution in [0.1, 0.15) is 53.9 Å². The molecule has 3 aromatic rings. The predicted octanol–water partition coefficient (Wildman–Crippen LogP) is 6.15. The van der Waals surface area contributed by atoms with Gasteiger partial charge in [-0.3, -0.25) is 4.79 Å². The zero-order chi connectivity index (χ0) is 30.7. The Kier molecular flexibility index (Phi) is 9.08. The van der Waals surface area contributed by atoms with Crippen LogP contribution in [0, 0.1) is 30.2 Å². The van der Waals surface area contributed by atoms with Crippen LogP contribution in [0.4, 0.5) is 23.2 Å². The van der Waals surface area contributed by atoms with E-state index in [2.05, 4.69) is 11.9 Å². The van der Waals surface area contributed by atoms with Crippen LogP contribution in [0.2, 0.25) is 0 Å². The van der Waals surface area contributed by atoms with Crippen LogP contribution >= 0.6 is 0 Å². The SMILES string of the molecule is C=C1N(Cc2c(C)cc(OCC(=O)OCC)cc2F)c2cc(C(=O)NCc3c(F)cc(F)cc3F)ccc2[C@H](C)N1C.[HH]. The molecule has 42 heavy (non-hydrogen) atoms. The molecule has 0 bridgehead atoms. The fourth-order valence-corrected chi connectivity index (χ4v) is 4.75. The maximum Gasteiger partial charge on any atom is 0.344 e. The number of hydrogen-bond acceptors (Lipinski definition) is 6. The Balaban J connectivity index is 0.00000506. The van der Waals surface area contributed by atoms with Gasteiger partial charge in [0.15, 0.2) is 6.61 Å². The van der Waals surface area contributed by atoms with Gasteiger partial charge in [-0.2, -0.15) is 0 Å². The summed E-state index contributed by atoms with van der Waals surface area (Å²) >= 11 is 0. The van der Waals surface area contributed by atoms with E-state index in [1.807, 2.05) is 18.9 Å². The van der Waals surface area contributed by atoms with Crippen molar-refractivity contribution in [2.75, 3.05) is 25.2 Å². The van der Waals surface area contributed by atoms with Gasteiger partial charge in [0.2, 0.25) is 0 Å². The average Bonchev–Trinajstić information content (AvgIpc) is 2.93. The molecule has 0 spiro atoms. The Morgan fingerprint density at radius 2 is 1.69 bits per heavy atom. The molecule has 0 saturated carbocycles. The minimum absolute atomic E-state index is 0. The Bertz CT molecular complexity index is 1510. The summed E-state index contributed by atoms with van der Waals surface area (Å²) in [5.74, 6) is -4.25. The molecule has 1 heterocycles. The zero-order valence-electron chi connectivity index (χ0n) is 23.7. The molecule has 0 unspecified atom stereocenters. The third-order valence-electron chi connectivity index (χ3n) is 7.23. The highest BCUT2D eigenvalue weighted by atomic mass is 19.1. The van der Waals surface area contributed by atoms with Crippen molar-refractivity contribution in [3.05, 3.63) is 106 Å². The molecule has 1 aliphatic rings. The maximum atomic E-state index is 15.4. The highest BCUT2D eigenvalue weighted by Gasteiger charge is 2.31. The number of hydrogen-bond donors (Lipinski definition) is 1. The molecule has 224 valence electrons. The number of fused-ring (bicyclic) bond motifs is 1. The van der Waals surface area contributed by atoms with Crippen LogP contribution in [0.5, 0.6) is 5.75 Å². The first-order valence-corrected chi connectivity index (χ1v) is 13.2. The number of ether oxygens (including phenoxy) is 2. The molecule has 0 aliphatic carbocycles. The van der Waals surface area contributed by atoms with E-state index in [1.165, 1.54) is 6.07 Å². The summed E-state index contributed by atoms with van der Waals surface area (Å²) in [5.41, 5.74) is 2.12. The standard InChI is InChI=1S/C31H31F4N3O4.H2/c1-6-41-30(39)16-42-22-9-17(2)25(28(35)13-22)15-38-19(4)37(5)18(3)23-8-7-20(10-29(23)38)31(40)36-14-24-26(33)11-21(32)12-27(24)34;/h7-13,18H,4,6,14-16H2,1-3,5H3,(H,36,40);1H/t18-;/m0./s1. The van der Waals surface area contributed by atoms with Gasteiger partial charge in [0.1, 0.15) is 34.8 Å². The van der Waals surface area contributed by atoms with Crippen LogP contribution in [-0.4, -0.2) is 37.0 Å². The summed E-state index contributed by atoms with van der Waals surface area (Å²) in [6, 6.07) is 8.75. The molecule has 1 N–H and O–H groups in total. The van der Waals surface area contributed by atoms with E-state index >= 15 is 4.39 Å². The van der Waals surface area contributed by atoms with Crippen LogP contribution in [0.25, 0.3) is 0 Å². The van der Waals surface area contributed by atoms with Gasteiger partial charge in [0, 0.05) is 55.6 Å². The molecular weight excluding hydrogens is 554 g/mol. The van der Waals surface area contributed by atoms with E-state index < -0.39 is 47.3 Å². The quantitative estimate of drug-likeness (QED) is 0.239. The monoisotopic (exact) mass is 587 g/mol. The largest absolute Gasteiger partial charge is 0.482 e. The fourth-order valence-electron chi connectivity index (χ4n) is 4.75. The van der Waals surface area contributed by atoms with Gasteiger partial charge in [-0.1, -0.05) is 12.6 Å². The average molecular weight is 588 g/mol. The van der Waals surface area contributed by atoms with Crippen molar-refractivity contribution in [3.63, 3.8) is 0 Å². The van der Waals surface area contributed by atoms with E-state index in [9.17, 15) is 22.8 Å². The lowest BCUT2D eigenvalue weighted by Crippen LogP contribution is -2.39. The number of carbonyl (C=O) groups excluding carboxylic acids is 2. The van der Waals surface area contributed by atoms with Crippen molar-refractivity contribution in [2.24, 2.45) is 0 Å². The lowest BCUT2D eigenvalue weighted by molar-refractivity contribution is -0.145. The van der Waals surface area contributed by atoms with Crippen LogP contribution < -0.4 is 15.0 Å². The molecule has 4 rings (SSSR count). The summed E-state index contributed by atoms with van der Waals surface area (Å²) in [5, 5.41) is 2.47. The number of nitrogens with zero attached hydrogens (tertiary/aromatic N) is 2. The zero-order valence-corrected chi connectivity index (χ0v) is 23.7. The van der Waals surface area contributed by atoms with Crippen molar-refractivity contribution in [2.45, 2.75) is 39.9 Å². The molecular formula is C31H33F4N3O4. The predicted molar refractivity (Wildman–Crippen MR) is 151 cm³/mol. The van der Waals surface area contributed by atoms with Crippen LogP contribution in [-0.2, 0) is 22.6 Å². The van der Waals surface area contributed by atoms with Gasteiger partial charge in [0.25, 0.3) is 5.91 Å². The van der Waals surface area contributed by atoms with Crippen LogP contribution in [0.3, 0.4) is 0 Å². The molecule has 0 aromatic heterocycles. The highest BCUT2D eigenvalue weighted by Crippen LogP contribution is 2.41. The van der Waals surface area contributed by atoms with E-state index in [-0.39, 0.29) is 38.5 Å². The second-order valence-corrected chi connectivity index (χ2v) is 9.89. The third kappa shape index (κ3) is 6.35. The smallest absolute Gasteiger partial charge is 0.344 e. The number of benzene rings is 3. The second kappa shape index (κ2) is 12.5. The lowest BCUT2D eigenvalue weighted by Gasteiger charge is -2.43. The minimum atomic E-state index is -1.10. The van der Waals surface area contributed by atoms with E-state index in [4.69, 9.17) is 9.47 Å². The van der Waals surface area contributed by atoms with Gasteiger partial charge in [-0.05, 0) is 50.1 Å². The Morgan fingerprint density at radius 3 is 2.33 bits per heavy atom. The highest BCUT2D eigenvalue weighted by molar-refractivity contribution is 5.95. The number of amides is 1. The van der Waals surface area contributed by atoms with Crippen molar-refractivity contribution < 1.29 is 38.1 Å². The molecule has 1 aliphatic heterocycles. The van der Waals surface area contributed by atoms with Gasteiger partial charge >= 0.3 is 5.97 Å². The Morgan fingerprint density at radius 1 is 1.02 bits per heavy atom. The number of rotatable bonds is 9. The first-order chi connectivity index (χ1) is 19.9. The third-order valence-corrected chi connectivity index (χ3v) is 7.23. The lowest BCUT2D eigenvalue weighted by atomic mass is 9.97. The van der Waals surface area contributed by atoms with Gasteiger partial charge in [-0.15, -0.1) is 0 Å².